The average molecular weight is 466 g/mol. The number of aryl methyl sites for hydroxylation is 1. The number of carboxylic acid groups (broad SMARTS) is 1. The van der Waals surface area contributed by atoms with Crippen LogP contribution < -0.4 is 4.90 Å². The minimum Gasteiger partial charge on any atom is -0.480 e. The SMILES string of the molecule is CCc1nc2ccc(C3=NC(C(=O)O)CO3)cn2c1N(C)c1nc(-c2ccc(F)cc2)cs1. The third-order valence-corrected chi connectivity index (χ3v) is 6.33. The van der Waals surface area contributed by atoms with Gasteiger partial charge >= 0.3 is 5.97 Å². The summed E-state index contributed by atoms with van der Waals surface area (Å²) in [6.45, 7) is 2.05. The van der Waals surface area contributed by atoms with Gasteiger partial charge in [-0.15, -0.1) is 11.3 Å². The number of carbonyl (C=O) groups is 1. The first-order valence-electron chi connectivity index (χ1n) is 10.3. The van der Waals surface area contributed by atoms with Gasteiger partial charge in [0, 0.05) is 24.2 Å². The van der Waals surface area contributed by atoms with Crippen molar-refractivity contribution in [2.75, 3.05) is 18.6 Å². The monoisotopic (exact) mass is 465 g/mol. The Balaban J connectivity index is 1.54. The molecule has 4 heterocycles. The van der Waals surface area contributed by atoms with Crippen molar-refractivity contribution < 1.29 is 19.0 Å². The van der Waals surface area contributed by atoms with Gasteiger partial charge in [0.1, 0.15) is 23.9 Å². The third kappa shape index (κ3) is 3.82. The van der Waals surface area contributed by atoms with Gasteiger partial charge in [-0.1, -0.05) is 6.92 Å². The molecule has 5 rings (SSSR count). The Morgan fingerprint density at radius 3 is 2.70 bits per heavy atom. The second kappa shape index (κ2) is 8.28. The van der Waals surface area contributed by atoms with E-state index in [1.807, 2.05) is 47.0 Å². The molecule has 10 heteroatoms. The van der Waals surface area contributed by atoms with E-state index in [9.17, 15) is 14.3 Å². The van der Waals surface area contributed by atoms with Crippen LogP contribution in [0.25, 0.3) is 16.9 Å². The zero-order valence-corrected chi connectivity index (χ0v) is 18.7. The van der Waals surface area contributed by atoms with Gasteiger partial charge in [0.25, 0.3) is 0 Å². The molecule has 8 nitrogen and oxygen atoms in total. The number of pyridine rings is 1. The molecular formula is C23H20FN5O3S. The highest BCUT2D eigenvalue weighted by Crippen LogP contribution is 2.34. The van der Waals surface area contributed by atoms with Crippen LogP contribution in [0.5, 0.6) is 0 Å². The quantitative estimate of drug-likeness (QED) is 0.460. The van der Waals surface area contributed by atoms with Crippen LogP contribution in [0.1, 0.15) is 18.2 Å². The van der Waals surface area contributed by atoms with Crippen LogP contribution in [0.2, 0.25) is 0 Å². The zero-order chi connectivity index (χ0) is 23.1. The summed E-state index contributed by atoms with van der Waals surface area (Å²) in [4.78, 5) is 26.9. The van der Waals surface area contributed by atoms with Crippen LogP contribution in [0.15, 0.2) is 53.0 Å². The third-order valence-electron chi connectivity index (χ3n) is 5.42. The predicted octanol–water partition coefficient (Wildman–Crippen LogP) is 4.16. The van der Waals surface area contributed by atoms with Gasteiger partial charge < -0.3 is 14.7 Å². The van der Waals surface area contributed by atoms with E-state index in [2.05, 4.69) is 4.99 Å². The molecule has 1 aliphatic rings. The molecule has 1 aromatic carbocycles. The molecule has 0 radical (unpaired) electrons. The van der Waals surface area contributed by atoms with Gasteiger partial charge in [0.2, 0.25) is 5.90 Å². The number of ether oxygens (including phenoxy) is 1. The summed E-state index contributed by atoms with van der Waals surface area (Å²) in [6, 6.07) is 9.04. The maximum absolute atomic E-state index is 13.3. The fourth-order valence-electron chi connectivity index (χ4n) is 3.72. The maximum atomic E-state index is 13.3. The number of imidazole rings is 1. The van der Waals surface area contributed by atoms with Gasteiger partial charge in [-0.3, -0.25) is 4.40 Å². The van der Waals surface area contributed by atoms with Crippen LogP contribution in [-0.2, 0) is 16.0 Å². The van der Waals surface area contributed by atoms with Crippen molar-refractivity contribution in [1.29, 1.82) is 0 Å². The number of anilines is 2. The largest absolute Gasteiger partial charge is 0.480 e. The van der Waals surface area contributed by atoms with Crippen LogP contribution in [-0.4, -0.2) is 51.0 Å². The molecule has 1 atom stereocenters. The number of thiazole rings is 1. The van der Waals surface area contributed by atoms with Crippen LogP contribution in [0.4, 0.5) is 15.3 Å². The van der Waals surface area contributed by atoms with Crippen LogP contribution in [0, 0.1) is 5.82 Å². The van der Waals surface area contributed by atoms with Gasteiger partial charge in [0.15, 0.2) is 11.2 Å². The Hall–Kier alpha value is -3.79. The highest BCUT2D eigenvalue weighted by atomic mass is 32.1. The standard InChI is InChI=1S/C23H20FN5O3S/c1-3-16-21(28(2)23-27-18(12-33-23)13-4-7-15(24)8-5-13)29-10-14(6-9-19(29)25-16)20-26-17(11-32-20)22(30)31/h4-10,12,17H,3,11H2,1-2H3,(H,30,31). The lowest BCUT2D eigenvalue weighted by atomic mass is 10.2. The number of aliphatic imine (C=N–C) groups is 1. The second-order valence-corrected chi connectivity index (χ2v) is 8.40. The summed E-state index contributed by atoms with van der Waals surface area (Å²) in [5.41, 5.74) is 3.93. The van der Waals surface area contributed by atoms with Crippen molar-refractivity contribution in [2.45, 2.75) is 19.4 Å². The Morgan fingerprint density at radius 1 is 1.24 bits per heavy atom. The number of aliphatic carboxylic acids is 1. The van der Waals surface area contributed by atoms with Crippen molar-refractivity contribution in [3.8, 4) is 11.3 Å². The van der Waals surface area contributed by atoms with E-state index >= 15 is 0 Å². The minimum atomic E-state index is -1.01. The highest BCUT2D eigenvalue weighted by molar-refractivity contribution is 7.14. The number of nitrogens with zero attached hydrogens (tertiary/aromatic N) is 5. The van der Waals surface area contributed by atoms with Crippen molar-refractivity contribution in [1.82, 2.24) is 14.4 Å². The number of hydrogen-bond donors (Lipinski definition) is 1. The molecule has 3 aromatic heterocycles. The first kappa shape index (κ1) is 21.1. The lowest BCUT2D eigenvalue weighted by Gasteiger charge is -2.17. The average Bonchev–Trinajstić information content (AvgIpc) is 3.56. The summed E-state index contributed by atoms with van der Waals surface area (Å²) in [6.07, 6.45) is 2.57. The molecule has 4 aromatic rings. The fourth-order valence-corrected chi connectivity index (χ4v) is 4.52. The molecule has 0 amide bonds. The Kier molecular flexibility index (Phi) is 5.29. The molecule has 0 bridgehead atoms. The second-order valence-electron chi connectivity index (χ2n) is 7.56. The molecule has 0 saturated heterocycles. The first-order valence-corrected chi connectivity index (χ1v) is 11.2. The molecule has 33 heavy (non-hydrogen) atoms. The smallest absolute Gasteiger partial charge is 0.332 e. The van der Waals surface area contributed by atoms with E-state index in [1.165, 1.54) is 23.5 Å². The van der Waals surface area contributed by atoms with E-state index in [0.29, 0.717) is 17.9 Å². The summed E-state index contributed by atoms with van der Waals surface area (Å²) >= 11 is 1.48. The molecule has 0 fully saturated rings. The van der Waals surface area contributed by atoms with Gasteiger partial charge in [-0.2, -0.15) is 0 Å². The van der Waals surface area contributed by atoms with E-state index in [-0.39, 0.29) is 12.4 Å². The highest BCUT2D eigenvalue weighted by Gasteiger charge is 2.27. The summed E-state index contributed by atoms with van der Waals surface area (Å²) in [5, 5.41) is 11.9. The Bertz CT molecular complexity index is 1380. The lowest BCUT2D eigenvalue weighted by molar-refractivity contribution is -0.138. The molecule has 1 N–H and O–H groups in total. The minimum absolute atomic E-state index is 0.0187. The van der Waals surface area contributed by atoms with E-state index in [4.69, 9.17) is 14.7 Å². The van der Waals surface area contributed by atoms with Crippen molar-refractivity contribution in [2.24, 2.45) is 4.99 Å². The molecular weight excluding hydrogens is 445 g/mol. The number of fused-ring (bicyclic) bond motifs is 1. The van der Waals surface area contributed by atoms with Gasteiger partial charge in [-0.25, -0.2) is 24.1 Å². The molecule has 168 valence electrons. The number of aromatic nitrogens is 3. The molecule has 0 spiro atoms. The van der Waals surface area contributed by atoms with Crippen LogP contribution >= 0.6 is 11.3 Å². The number of benzene rings is 1. The number of rotatable bonds is 6. The summed E-state index contributed by atoms with van der Waals surface area (Å²) in [5.74, 6) is -0.144. The Labute approximate surface area is 192 Å². The number of halogens is 1. The predicted molar refractivity (Wildman–Crippen MR) is 124 cm³/mol. The molecule has 0 aliphatic carbocycles. The lowest BCUT2D eigenvalue weighted by Crippen LogP contribution is -2.18. The van der Waals surface area contributed by atoms with Gasteiger partial charge in [0.05, 0.1) is 17.0 Å². The maximum Gasteiger partial charge on any atom is 0.332 e. The number of hydrogen-bond acceptors (Lipinski definition) is 7. The fraction of sp³-hybridized carbons (Fsp3) is 0.217. The zero-order valence-electron chi connectivity index (χ0n) is 17.9. The summed E-state index contributed by atoms with van der Waals surface area (Å²) < 4.78 is 20.7. The molecule has 1 aliphatic heterocycles. The molecule has 0 saturated carbocycles. The van der Waals surface area contributed by atoms with Crippen molar-refractivity contribution in [3.05, 3.63) is 65.0 Å². The van der Waals surface area contributed by atoms with E-state index in [0.717, 1.165) is 33.5 Å². The normalized spacial score (nSPS) is 15.5. The van der Waals surface area contributed by atoms with Crippen LogP contribution in [0.3, 0.4) is 0 Å². The Morgan fingerprint density at radius 2 is 2.00 bits per heavy atom. The first-order chi connectivity index (χ1) is 15.9. The van der Waals surface area contributed by atoms with E-state index in [1.54, 1.807) is 12.1 Å². The topological polar surface area (TPSA) is 92.3 Å². The summed E-state index contributed by atoms with van der Waals surface area (Å²) in [7, 11) is 1.92. The van der Waals surface area contributed by atoms with E-state index < -0.39 is 12.0 Å². The van der Waals surface area contributed by atoms with Gasteiger partial charge in [-0.05, 0) is 42.8 Å². The molecule has 1 unspecified atom stereocenters. The number of carboxylic acids is 1. The van der Waals surface area contributed by atoms with Crippen molar-refractivity contribution >= 4 is 39.8 Å². The van der Waals surface area contributed by atoms with Crippen molar-refractivity contribution in [3.63, 3.8) is 0 Å².